The molecular formula is C17H17N3O3S. The van der Waals surface area contributed by atoms with E-state index in [4.69, 9.17) is 15.7 Å². The van der Waals surface area contributed by atoms with Gasteiger partial charge in [0.1, 0.15) is 11.6 Å². The van der Waals surface area contributed by atoms with Crippen LogP contribution in [0.2, 0.25) is 0 Å². The van der Waals surface area contributed by atoms with Crippen LogP contribution in [0.5, 0.6) is 0 Å². The highest BCUT2D eigenvalue weighted by molar-refractivity contribution is 7.18. The van der Waals surface area contributed by atoms with Crippen molar-refractivity contribution in [1.29, 1.82) is 5.26 Å². The van der Waals surface area contributed by atoms with E-state index >= 15 is 0 Å². The van der Waals surface area contributed by atoms with Gasteiger partial charge in [0, 0.05) is 12.1 Å². The minimum atomic E-state index is -0.586. The van der Waals surface area contributed by atoms with Gasteiger partial charge in [-0.25, -0.2) is 4.98 Å². The van der Waals surface area contributed by atoms with Crippen molar-refractivity contribution in [2.75, 3.05) is 6.61 Å². The van der Waals surface area contributed by atoms with Crippen molar-refractivity contribution in [3.8, 4) is 6.07 Å². The van der Waals surface area contributed by atoms with Crippen molar-refractivity contribution < 1.29 is 14.3 Å². The van der Waals surface area contributed by atoms with Crippen molar-refractivity contribution in [3.05, 3.63) is 40.5 Å². The number of benzene rings is 1. The molecule has 0 fully saturated rings. The Balaban J connectivity index is 1.76. The normalized spacial score (nSPS) is 11.7. The highest BCUT2D eigenvalue weighted by Gasteiger charge is 2.14. The zero-order chi connectivity index (χ0) is 17.5. The maximum Gasteiger partial charge on any atom is 0.306 e. The predicted octanol–water partition coefficient (Wildman–Crippen LogP) is 2.49. The standard InChI is InChI=1S/C17H17N3O3S/c1-11(19)12(9-18)14(21)10-23-17(22)8-4-7-16-20-13-5-2-3-6-15(13)24-16/h2-3,5-6H,4,7-8,10,19H2,1H3/b12-11-. The van der Waals surface area contributed by atoms with Crippen LogP contribution in [0.15, 0.2) is 35.5 Å². The molecule has 124 valence electrons. The number of esters is 1. The van der Waals surface area contributed by atoms with E-state index in [-0.39, 0.29) is 17.7 Å². The molecule has 0 spiro atoms. The third-order valence-corrected chi connectivity index (χ3v) is 4.36. The minimum absolute atomic E-state index is 0.120. The number of carbonyl (C=O) groups is 2. The molecule has 6 nitrogen and oxygen atoms in total. The van der Waals surface area contributed by atoms with Crippen LogP contribution >= 0.6 is 11.3 Å². The largest absolute Gasteiger partial charge is 0.457 e. The molecule has 0 amide bonds. The molecule has 0 bridgehead atoms. The van der Waals surface area contributed by atoms with Crippen molar-refractivity contribution in [2.45, 2.75) is 26.2 Å². The lowest BCUT2D eigenvalue weighted by atomic mass is 10.1. The number of rotatable bonds is 7. The fraction of sp³-hybridized carbons (Fsp3) is 0.294. The second-order valence-corrected chi connectivity index (χ2v) is 6.30. The molecular weight excluding hydrogens is 326 g/mol. The molecule has 0 aliphatic carbocycles. The Morgan fingerprint density at radius 3 is 2.79 bits per heavy atom. The highest BCUT2D eigenvalue weighted by atomic mass is 32.1. The van der Waals surface area contributed by atoms with Gasteiger partial charge < -0.3 is 10.5 Å². The quantitative estimate of drug-likeness (QED) is 0.470. The van der Waals surface area contributed by atoms with E-state index in [1.807, 2.05) is 24.3 Å². The Kier molecular flexibility index (Phi) is 6.04. The molecule has 0 aliphatic heterocycles. The van der Waals surface area contributed by atoms with Crippen LogP contribution in [0.25, 0.3) is 10.2 Å². The predicted molar refractivity (Wildman–Crippen MR) is 91.0 cm³/mol. The fourth-order valence-corrected chi connectivity index (χ4v) is 3.08. The SMILES string of the molecule is C/C(N)=C(\C#N)C(=O)COC(=O)CCCc1nc2ccccc2s1. The average molecular weight is 343 g/mol. The van der Waals surface area contributed by atoms with E-state index in [9.17, 15) is 9.59 Å². The van der Waals surface area contributed by atoms with Gasteiger partial charge in [-0.05, 0) is 31.9 Å². The Bertz CT molecular complexity index is 796. The van der Waals surface area contributed by atoms with Crippen LogP contribution in [0.1, 0.15) is 24.8 Å². The Morgan fingerprint density at radius 1 is 1.38 bits per heavy atom. The van der Waals surface area contributed by atoms with Crippen LogP contribution in [0.4, 0.5) is 0 Å². The van der Waals surface area contributed by atoms with Crippen LogP contribution in [-0.4, -0.2) is 23.3 Å². The molecule has 7 heteroatoms. The van der Waals surface area contributed by atoms with Gasteiger partial charge in [0.15, 0.2) is 6.61 Å². The number of aromatic nitrogens is 1. The number of ether oxygens (including phenoxy) is 1. The summed E-state index contributed by atoms with van der Waals surface area (Å²) in [7, 11) is 0. The van der Waals surface area contributed by atoms with Gasteiger partial charge >= 0.3 is 5.97 Å². The first-order valence-electron chi connectivity index (χ1n) is 7.41. The van der Waals surface area contributed by atoms with Gasteiger partial charge in [-0.1, -0.05) is 12.1 Å². The van der Waals surface area contributed by atoms with E-state index in [0.29, 0.717) is 12.8 Å². The number of thiazole rings is 1. The Hall–Kier alpha value is -2.72. The number of hydrogen-bond donors (Lipinski definition) is 1. The van der Waals surface area contributed by atoms with E-state index in [1.54, 1.807) is 17.4 Å². The Labute approximate surface area is 143 Å². The zero-order valence-corrected chi connectivity index (χ0v) is 14.1. The molecule has 2 N–H and O–H groups in total. The molecule has 0 unspecified atom stereocenters. The van der Waals surface area contributed by atoms with Gasteiger partial charge in [-0.2, -0.15) is 5.26 Å². The molecule has 1 aromatic carbocycles. The van der Waals surface area contributed by atoms with Crippen molar-refractivity contribution in [1.82, 2.24) is 4.98 Å². The van der Waals surface area contributed by atoms with Gasteiger partial charge in [0.25, 0.3) is 0 Å². The summed E-state index contributed by atoms with van der Waals surface area (Å²) in [5.74, 6) is -1.06. The molecule has 0 aliphatic rings. The lowest BCUT2D eigenvalue weighted by Crippen LogP contribution is -2.17. The summed E-state index contributed by atoms with van der Waals surface area (Å²) in [6.07, 6.45) is 1.45. The summed E-state index contributed by atoms with van der Waals surface area (Å²) in [4.78, 5) is 27.8. The van der Waals surface area contributed by atoms with Crippen LogP contribution in [0, 0.1) is 11.3 Å². The van der Waals surface area contributed by atoms with Gasteiger partial charge in [-0.15, -0.1) is 11.3 Å². The summed E-state index contributed by atoms with van der Waals surface area (Å²) in [5.41, 5.74) is 6.33. The van der Waals surface area contributed by atoms with E-state index in [1.165, 1.54) is 6.92 Å². The lowest BCUT2D eigenvalue weighted by Gasteiger charge is -2.04. The first kappa shape index (κ1) is 17.6. The molecule has 0 radical (unpaired) electrons. The number of nitrogens with two attached hydrogens (primary N) is 1. The summed E-state index contributed by atoms with van der Waals surface area (Å²) in [5, 5.41) is 9.77. The van der Waals surface area contributed by atoms with E-state index in [2.05, 4.69) is 4.98 Å². The van der Waals surface area contributed by atoms with E-state index in [0.717, 1.165) is 15.2 Å². The minimum Gasteiger partial charge on any atom is -0.457 e. The molecule has 2 rings (SSSR count). The zero-order valence-electron chi connectivity index (χ0n) is 13.2. The number of aryl methyl sites for hydroxylation is 1. The van der Waals surface area contributed by atoms with Crippen molar-refractivity contribution in [3.63, 3.8) is 0 Å². The van der Waals surface area contributed by atoms with Crippen molar-refractivity contribution >= 4 is 33.3 Å². The first-order valence-corrected chi connectivity index (χ1v) is 8.22. The number of carbonyl (C=O) groups excluding carboxylic acids is 2. The summed E-state index contributed by atoms with van der Waals surface area (Å²) < 4.78 is 6.01. The topological polar surface area (TPSA) is 106 Å². The molecule has 0 atom stereocenters. The number of allylic oxidation sites excluding steroid dienone is 1. The highest BCUT2D eigenvalue weighted by Crippen LogP contribution is 2.22. The number of nitriles is 1. The molecule has 1 heterocycles. The maximum atomic E-state index is 11.7. The fourth-order valence-electron chi connectivity index (χ4n) is 2.07. The van der Waals surface area contributed by atoms with Crippen LogP contribution < -0.4 is 5.73 Å². The third kappa shape index (κ3) is 4.64. The molecule has 0 saturated heterocycles. The molecule has 2 aromatic rings. The lowest BCUT2D eigenvalue weighted by molar-refractivity contribution is -0.147. The second kappa shape index (κ2) is 8.22. The van der Waals surface area contributed by atoms with Gasteiger partial charge in [0.2, 0.25) is 5.78 Å². The summed E-state index contributed by atoms with van der Waals surface area (Å²) >= 11 is 1.60. The number of ketones is 1. The van der Waals surface area contributed by atoms with Crippen LogP contribution in [-0.2, 0) is 20.7 Å². The maximum absolute atomic E-state index is 11.7. The number of fused-ring (bicyclic) bond motifs is 1. The Morgan fingerprint density at radius 2 is 2.12 bits per heavy atom. The number of Topliss-reactive ketones (excluding diaryl/α,β-unsaturated/α-hetero) is 1. The number of hydrogen-bond acceptors (Lipinski definition) is 7. The monoisotopic (exact) mass is 343 g/mol. The van der Waals surface area contributed by atoms with Gasteiger partial charge in [-0.3, -0.25) is 9.59 Å². The number of nitrogens with zero attached hydrogens (tertiary/aromatic N) is 2. The molecule has 1 aromatic heterocycles. The summed E-state index contributed by atoms with van der Waals surface area (Å²) in [6.45, 7) is 0.994. The molecule has 24 heavy (non-hydrogen) atoms. The molecule has 0 saturated carbocycles. The third-order valence-electron chi connectivity index (χ3n) is 3.26. The smallest absolute Gasteiger partial charge is 0.306 e. The van der Waals surface area contributed by atoms with Gasteiger partial charge in [0.05, 0.1) is 15.2 Å². The van der Waals surface area contributed by atoms with Crippen LogP contribution in [0.3, 0.4) is 0 Å². The van der Waals surface area contributed by atoms with Crippen molar-refractivity contribution in [2.24, 2.45) is 5.73 Å². The second-order valence-electron chi connectivity index (χ2n) is 5.18. The average Bonchev–Trinajstić information content (AvgIpc) is 2.96. The summed E-state index contributed by atoms with van der Waals surface area (Å²) in [6, 6.07) is 9.57. The first-order chi connectivity index (χ1) is 11.5. The van der Waals surface area contributed by atoms with E-state index < -0.39 is 18.4 Å². The number of para-hydroxylation sites is 1.